The monoisotopic (exact) mass is 360 g/mol. The summed E-state index contributed by atoms with van der Waals surface area (Å²) in [4.78, 5) is 25.4. The first-order valence-electron chi connectivity index (χ1n) is 9.90. The Balaban J connectivity index is 2.25. The lowest BCUT2D eigenvalue weighted by atomic mass is 9.84. The smallest absolute Gasteiger partial charge is 0.323 e. The minimum atomic E-state index is -1.18. The van der Waals surface area contributed by atoms with Crippen molar-refractivity contribution in [3.63, 3.8) is 0 Å². The van der Waals surface area contributed by atoms with E-state index in [0.717, 1.165) is 19.3 Å². The summed E-state index contributed by atoms with van der Waals surface area (Å²) < 4.78 is 10.5. The Morgan fingerprint density at radius 2 is 1.88 bits per heavy atom. The Labute approximate surface area is 157 Å². The molecule has 2 aliphatic rings. The molecule has 0 heterocycles. The summed E-state index contributed by atoms with van der Waals surface area (Å²) in [6, 6.07) is 0. The molecule has 0 aromatic carbocycles. The van der Waals surface area contributed by atoms with Crippen LogP contribution < -0.4 is 0 Å². The first-order chi connectivity index (χ1) is 12.6. The van der Waals surface area contributed by atoms with Gasteiger partial charge in [0.15, 0.2) is 5.41 Å². The van der Waals surface area contributed by atoms with E-state index >= 15 is 0 Å². The number of esters is 2. The Hall–Kier alpha value is -1.84. The van der Waals surface area contributed by atoms with Crippen molar-refractivity contribution in [1.82, 2.24) is 0 Å². The average Bonchev–Trinajstić information content (AvgIpc) is 3.01. The zero-order chi connectivity index (χ0) is 19.0. The summed E-state index contributed by atoms with van der Waals surface area (Å²) in [7, 11) is 0. The highest BCUT2D eigenvalue weighted by Crippen LogP contribution is 2.49. The highest BCUT2D eigenvalue weighted by Gasteiger charge is 2.56. The summed E-state index contributed by atoms with van der Waals surface area (Å²) in [5.74, 6) is -0.549. The second-order valence-corrected chi connectivity index (χ2v) is 7.26. The molecule has 1 saturated carbocycles. The average molecular weight is 360 g/mol. The van der Waals surface area contributed by atoms with E-state index < -0.39 is 17.4 Å². The molecular formula is C22H32O4. The summed E-state index contributed by atoms with van der Waals surface area (Å²) in [6.45, 7) is 7.91. The molecule has 0 aromatic heterocycles. The molecule has 0 saturated heterocycles. The van der Waals surface area contributed by atoms with Crippen LogP contribution in [0, 0.1) is 17.3 Å². The summed E-state index contributed by atoms with van der Waals surface area (Å²) >= 11 is 0. The van der Waals surface area contributed by atoms with Gasteiger partial charge in [0.05, 0.1) is 13.2 Å². The predicted octanol–water partition coefficient (Wildman–Crippen LogP) is 4.76. The van der Waals surface area contributed by atoms with Gasteiger partial charge >= 0.3 is 11.9 Å². The van der Waals surface area contributed by atoms with Gasteiger partial charge in [-0.25, -0.2) is 0 Å². The molecule has 0 N–H and O–H groups in total. The lowest BCUT2D eigenvalue weighted by Crippen LogP contribution is -2.40. The van der Waals surface area contributed by atoms with E-state index in [2.05, 4.69) is 24.8 Å². The van der Waals surface area contributed by atoms with Gasteiger partial charge in [-0.05, 0) is 70.6 Å². The summed E-state index contributed by atoms with van der Waals surface area (Å²) in [5.41, 5.74) is 0.175. The van der Waals surface area contributed by atoms with Crippen LogP contribution in [-0.2, 0) is 19.1 Å². The van der Waals surface area contributed by atoms with E-state index in [1.54, 1.807) is 13.8 Å². The van der Waals surface area contributed by atoms with Crippen LogP contribution in [0.3, 0.4) is 0 Å². The van der Waals surface area contributed by atoms with Crippen molar-refractivity contribution in [3.8, 4) is 0 Å². The van der Waals surface area contributed by atoms with Crippen LogP contribution in [0.15, 0.2) is 36.5 Å². The van der Waals surface area contributed by atoms with E-state index in [-0.39, 0.29) is 25.0 Å². The van der Waals surface area contributed by atoms with Gasteiger partial charge in [-0.15, -0.1) is 6.58 Å². The molecule has 2 aliphatic carbocycles. The maximum atomic E-state index is 12.7. The third kappa shape index (κ3) is 4.66. The SMILES string of the molecule is C=CC[C@@H]1CC(C(=O)OCC)(C(=O)OCC)C[C@H]1/C=C/C1=CCCCC1. The molecule has 26 heavy (non-hydrogen) atoms. The number of rotatable bonds is 8. The fourth-order valence-electron chi connectivity index (χ4n) is 4.17. The van der Waals surface area contributed by atoms with E-state index in [9.17, 15) is 9.59 Å². The second kappa shape index (κ2) is 9.75. The number of hydrogen-bond acceptors (Lipinski definition) is 4. The van der Waals surface area contributed by atoms with E-state index in [1.807, 2.05) is 6.08 Å². The van der Waals surface area contributed by atoms with Crippen LogP contribution in [0.2, 0.25) is 0 Å². The number of carbonyl (C=O) groups excluding carboxylic acids is 2. The zero-order valence-corrected chi connectivity index (χ0v) is 16.2. The molecule has 144 valence electrons. The van der Waals surface area contributed by atoms with Crippen LogP contribution in [0.4, 0.5) is 0 Å². The van der Waals surface area contributed by atoms with Crippen LogP contribution in [-0.4, -0.2) is 25.2 Å². The molecule has 2 rings (SSSR count). The van der Waals surface area contributed by atoms with Crippen LogP contribution in [0.1, 0.15) is 58.8 Å². The molecular weight excluding hydrogens is 328 g/mol. The minimum absolute atomic E-state index is 0.143. The molecule has 0 bridgehead atoms. The maximum Gasteiger partial charge on any atom is 0.323 e. The first kappa shape index (κ1) is 20.5. The van der Waals surface area contributed by atoms with Crippen molar-refractivity contribution in [1.29, 1.82) is 0 Å². The zero-order valence-electron chi connectivity index (χ0n) is 16.2. The Morgan fingerprint density at radius 3 is 2.42 bits per heavy atom. The summed E-state index contributed by atoms with van der Waals surface area (Å²) in [5, 5.41) is 0. The summed E-state index contributed by atoms with van der Waals surface area (Å²) in [6.07, 6.45) is 15.0. The van der Waals surface area contributed by atoms with E-state index in [4.69, 9.17) is 9.47 Å². The highest BCUT2D eigenvalue weighted by molar-refractivity contribution is 6.00. The van der Waals surface area contributed by atoms with E-state index in [0.29, 0.717) is 12.8 Å². The molecule has 2 atom stereocenters. The van der Waals surface area contributed by atoms with Gasteiger partial charge in [0, 0.05) is 0 Å². The van der Waals surface area contributed by atoms with Crippen molar-refractivity contribution >= 4 is 11.9 Å². The van der Waals surface area contributed by atoms with Gasteiger partial charge < -0.3 is 9.47 Å². The van der Waals surface area contributed by atoms with Crippen molar-refractivity contribution in [2.24, 2.45) is 17.3 Å². The standard InChI is InChI=1S/C22H32O4/c1-4-10-18-15-22(20(23)25-5-2,21(24)26-6-3)16-19(18)14-13-17-11-8-7-9-12-17/h4,11,13-14,18-19H,1,5-10,12,15-16H2,2-3H3/b14-13+/t18-,19-/m1/s1. The normalized spacial score (nSPS) is 24.9. The molecule has 4 heteroatoms. The van der Waals surface area contributed by atoms with Gasteiger partial charge in [0.1, 0.15) is 0 Å². The first-order valence-corrected chi connectivity index (χ1v) is 9.90. The fourth-order valence-corrected chi connectivity index (χ4v) is 4.17. The number of ether oxygens (including phenoxy) is 2. The molecule has 4 nitrogen and oxygen atoms in total. The van der Waals surface area contributed by atoms with Crippen molar-refractivity contribution in [3.05, 3.63) is 36.5 Å². The van der Waals surface area contributed by atoms with Gasteiger partial charge in [-0.3, -0.25) is 9.59 Å². The highest BCUT2D eigenvalue weighted by atomic mass is 16.6. The lowest BCUT2D eigenvalue weighted by molar-refractivity contribution is -0.172. The second-order valence-electron chi connectivity index (χ2n) is 7.26. The number of hydrogen-bond donors (Lipinski definition) is 0. The molecule has 1 fully saturated rings. The third-order valence-electron chi connectivity index (χ3n) is 5.49. The Morgan fingerprint density at radius 1 is 1.19 bits per heavy atom. The Bertz CT molecular complexity index is 555. The molecule has 0 radical (unpaired) electrons. The topological polar surface area (TPSA) is 52.6 Å². The lowest BCUT2D eigenvalue weighted by Gasteiger charge is -2.24. The van der Waals surface area contributed by atoms with Crippen LogP contribution in [0.5, 0.6) is 0 Å². The van der Waals surface area contributed by atoms with Gasteiger partial charge in [0.2, 0.25) is 0 Å². The predicted molar refractivity (Wildman–Crippen MR) is 102 cm³/mol. The molecule has 0 aromatic rings. The van der Waals surface area contributed by atoms with Crippen molar-refractivity contribution in [2.45, 2.75) is 58.8 Å². The number of allylic oxidation sites excluding steroid dienone is 5. The fraction of sp³-hybridized carbons (Fsp3) is 0.636. The van der Waals surface area contributed by atoms with Gasteiger partial charge in [-0.1, -0.05) is 29.9 Å². The molecule has 0 spiro atoms. The molecule has 0 aliphatic heterocycles. The van der Waals surface area contributed by atoms with Gasteiger partial charge in [0.25, 0.3) is 0 Å². The quantitative estimate of drug-likeness (QED) is 0.356. The largest absolute Gasteiger partial charge is 0.465 e. The van der Waals surface area contributed by atoms with Crippen LogP contribution in [0.25, 0.3) is 0 Å². The minimum Gasteiger partial charge on any atom is -0.465 e. The third-order valence-corrected chi connectivity index (χ3v) is 5.49. The Kier molecular flexibility index (Phi) is 7.67. The van der Waals surface area contributed by atoms with E-state index in [1.165, 1.54) is 18.4 Å². The molecule has 0 amide bonds. The van der Waals surface area contributed by atoms with Gasteiger partial charge in [-0.2, -0.15) is 0 Å². The maximum absolute atomic E-state index is 12.7. The van der Waals surface area contributed by atoms with Crippen molar-refractivity contribution < 1.29 is 19.1 Å². The van der Waals surface area contributed by atoms with Crippen LogP contribution >= 0.6 is 0 Å². The molecule has 0 unspecified atom stereocenters. The number of carbonyl (C=O) groups is 2. The van der Waals surface area contributed by atoms with Crippen molar-refractivity contribution in [2.75, 3.05) is 13.2 Å².